The van der Waals surface area contributed by atoms with Crippen molar-refractivity contribution in [2.75, 3.05) is 13.6 Å². The number of benzene rings is 2. The van der Waals surface area contributed by atoms with Gasteiger partial charge in [0.2, 0.25) is 0 Å². The first-order valence-electron chi connectivity index (χ1n) is 9.60. The van der Waals surface area contributed by atoms with E-state index in [4.69, 9.17) is 0 Å². The van der Waals surface area contributed by atoms with Gasteiger partial charge in [0, 0.05) is 19.0 Å². The standard InChI is InChI=1S/C22H25N5O/c1-17(18-8-10-20(11-9-18)27-16-23-15-25-27)26(2)21(28)24-14-22(12-13-22)19-6-4-3-5-7-19/h3-11,15-17H,12-14H2,1-2H3,(H,24,28)/t17-/m0/s1. The molecule has 6 heteroatoms. The van der Waals surface area contributed by atoms with Gasteiger partial charge in [0.1, 0.15) is 12.7 Å². The Balaban J connectivity index is 1.37. The summed E-state index contributed by atoms with van der Waals surface area (Å²) >= 11 is 0. The molecule has 0 radical (unpaired) electrons. The van der Waals surface area contributed by atoms with Crippen LogP contribution in [-0.4, -0.2) is 39.3 Å². The molecule has 1 aromatic heterocycles. The van der Waals surface area contributed by atoms with Gasteiger partial charge in [-0.2, -0.15) is 5.10 Å². The maximum atomic E-state index is 12.7. The fraction of sp³-hybridized carbons (Fsp3) is 0.318. The molecule has 28 heavy (non-hydrogen) atoms. The molecule has 1 fully saturated rings. The van der Waals surface area contributed by atoms with Crippen LogP contribution >= 0.6 is 0 Å². The van der Waals surface area contributed by atoms with Gasteiger partial charge in [0.25, 0.3) is 0 Å². The van der Waals surface area contributed by atoms with Crippen LogP contribution in [0.4, 0.5) is 4.79 Å². The van der Waals surface area contributed by atoms with Crippen molar-refractivity contribution in [1.82, 2.24) is 25.0 Å². The van der Waals surface area contributed by atoms with Crippen LogP contribution in [0.5, 0.6) is 0 Å². The van der Waals surface area contributed by atoms with Crippen molar-refractivity contribution >= 4 is 6.03 Å². The quantitative estimate of drug-likeness (QED) is 0.714. The number of urea groups is 1. The molecule has 1 heterocycles. The van der Waals surface area contributed by atoms with Gasteiger partial charge in [0.05, 0.1) is 11.7 Å². The Morgan fingerprint density at radius 3 is 2.50 bits per heavy atom. The SMILES string of the molecule is C[C@@H](c1ccc(-n2cncn2)cc1)N(C)C(=O)NCC1(c2ccccc2)CC1. The molecule has 1 atom stereocenters. The highest BCUT2D eigenvalue weighted by Crippen LogP contribution is 2.47. The zero-order valence-corrected chi connectivity index (χ0v) is 16.2. The van der Waals surface area contributed by atoms with E-state index in [0.29, 0.717) is 6.54 Å². The number of hydrogen-bond acceptors (Lipinski definition) is 3. The molecule has 0 spiro atoms. The second-order valence-corrected chi connectivity index (χ2v) is 7.52. The number of carbonyl (C=O) groups is 1. The molecular formula is C22H25N5O. The molecule has 0 bridgehead atoms. The molecule has 3 aromatic rings. The monoisotopic (exact) mass is 375 g/mol. The predicted octanol–water partition coefficient (Wildman–Crippen LogP) is 3.70. The lowest BCUT2D eigenvalue weighted by Crippen LogP contribution is -2.42. The minimum Gasteiger partial charge on any atom is -0.337 e. The van der Waals surface area contributed by atoms with Crippen molar-refractivity contribution in [2.45, 2.75) is 31.2 Å². The summed E-state index contributed by atoms with van der Waals surface area (Å²) in [5, 5.41) is 7.27. The average molecular weight is 375 g/mol. The zero-order chi connectivity index (χ0) is 19.6. The molecular weight excluding hydrogens is 350 g/mol. The lowest BCUT2D eigenvalue weighted by atomic mass is 9.96. The molecule has 4 rings (SSSR count). The number of nitrogens with one attached hydrogen (secondary N) is 1. The maximum absolute atomic E-state index is 12.7. The largest absolute Gasteiger partial charge is 0.337 e. The third-order valence-electron chi connectivity index (χ3n) is 5.78. The smallest absolute Gasteiger partial charge is 0.317 e. The molecule has 1 aliphatic rings. The van der Waals surface area contributed by atoms with Crippen LogP contribution in [0, 0.1) is 0 Å². The minimum absolute atomic E-state index is 0.0309. The van der Waals surface area contributed by atoms with Crippen LogP contribution in [0.2, 0.25) is 0 Å². The Morgan fingerprint density at radius 1 is 1.18 bits per heavy atom. The van der Waals surface area contributed by atoms with Gasteiger partial charge in [-0.1, -0.05) is 42.5 Å². The van der Waals surface area contributed by atoms with E-state index in [1.165, 1.54) is 11.9 Å². The Kier molecular flexibility index (Phi) is 4.86. The summed E-state index contributed by atoms with van der Waals surface area (Å²) in [6, 6.07) is 18.4. The number of hydrogen-bond donors (Lipinski definition) is 1. The van der Waals surface area contributed by atoms with Crippen molar-refractivity contribution in [2.24, 2.45) is 0 Å². The first-order chi connectivity index (χ1) is 13.6. The van der Waals surface area contributed by atoms with Crippen molar-refractivity contribution in [1.29, 1.82) is 0 Å². The Bertz CT molecular complexity index is 917. The highest BCUT2D eigenvalue weighted by molar-refractivity contribution is 5.74. The second kappa shape index (κ2) is 7.46. The lowest BCUT2D eigenvalue weighted by Gasteiger charge is -2.27. The van der Waals surface area contributed by atoms with Gasteiger partial charge >= 0.3 is 6.03 Å². The first-order valence-corrected chi connectivity index (χ1v) is 9.60. The minimum atomic E-state index is -0.0462. The van der Waals surface area contributed by atoms with Crippen LogP contribution in [0.15, 0.2) is 67.3 Å². The van der Waals surface area contributed by atoms with Crippen molar-refractivity contribution < 1.29 is 4.79 Å². The summed E-state index contributed by atoms with van der Waals surface area (Å²) in [4.78, 5) is 18.4. The van der Waals surface area contributed by atoms with Crippen molar-refractivity contribution in [3.8, 4) is 5.69 Å². The molecule has 1 saturated carbocycles. The van der Waals surface area contributed by atoms with Crippen molar-refractivity contribution in [3.63, 3.8) is 0 Å². The van der Waals surface area contributed by atoms with Gasteiger partial charge in [-0.25, -0.2) is 14.5 Å². The summed E-state index contributed by atoms with van der Waals surface area (Å²) in [5.74, 6) is 0. The highest BCUT2D eigenvalue weighted by atomic mass is 16.2. The van der Waals surface area contributed by atoms with E-state index in [-0.39, 0.29) is 17.5 Å². The van der Waals surface area contributed by atoms with E-state index in [2.05, 4.69) is 39.7 Å². The Labute approximate surface area is 165 Å². The van der Waals surface area contributed by atoms with Gasteiger partial charge < -0.3 is 10.2 Å². The maximum Gasteiger partial charge on any atom is 0.317 e. The fourth-order valence-electron chi connectivity index (χ4n) is 3.53. The van der Waals surface area contributed by atoms with E-state index in [9.17, 15) is 4.79 Å². The Morgan fingerprint density at radius 2 is 1.89 bits per heavy atom. The number of aromatic nitrogens is 3. The van der Waals surface area contributed by atoms with Crippen LogP contribution in [0.3, 0.4) is 0 Å². The molecule has 2 amide bonds. The first kappa shape index (κ1) is 18.2. The Hall–Kier alpha value is -3.15. The summed E-state index contributed by atoms with van der Waals surface area (Å²) in [7, 11) is 1.84. The van der Waals surface area contributed by atoms with Crippen LogP contribution in [-0.2, 0) is 5.41 Å². The summed E-state index contributed by atoms with van der Waals surface area (Å²) in [6.07, 6.45) is 5.43. The number of amides is 2. The number of nitrogens with zero attached hydrogens (tertiary/aromatic N) is 4. The third-order valence-corrected chi connectivity index (χ3v) is 5.78. The molecule has 0 unspecified atom stereocenters. The average Bonchev–Trinajstić information content (AvgIpc) is 3.35. The highest BCUT2D eigenvalue weighted by Gasteiger charge is 2.44. The van der Waals surface area contributed by atoms with Gasteiger partial charge in [-0.3, -0.25) is 0 Å². The summed E-state index contributed by atoms with van der Waals surface area (Å²) in [5.41, 5.74) is 3.44. The molecule has 1 N–H and O–H groups in total. The molecule has 2 aromatic carbocycles. The summed E-state index contributed by atoms with van der Waals surface area (Å²) in [6.45, 7) is 2.71. The third kappa shape index (κ3) is 3.63. The molecule has 144 valence electrons. The van der Waals surface area contributed by atoms with Gasteiger partial charge in [-0.05, 0) is 43.0 Å². The van der Waals surface area contributed by atoms with E-state index >= 15 is 0 Å². The molecule has 0 saturated heterocycles. The van der Waals surface area contributed by atoms with Gasteiger partial charge in [0.15, 0.2) is 0 Å². The number of rotatable bonds is 6. The van der Waals surface area contributed by atoms with Crippen molar-refractivity contribution in [3.05, 3.63) is 78.4 Å². The van der Waals surface area contributed by atoms with Crippen LogP contribution in [0.1, 0.15) is 36.9 Å². The van der Waals surface area contributed by atoms with E-state index in [1.54, 1.807) is 15.9 Å². The second-order valence-electron chi connectivity index (χ2n) is 7.52. The molecule has 0 aliphatic heterocycles. The van der Waals surface area contributed by atoms with Gasteiger partial charge in [-0.15, -0.1) is 0 Å². The molecule has 1 aliphatic carbocycles. The van der Waals surface area contributed by atoms with Crippen LogP contribution in [0.25, 0.3) is 5.69 Å². The van der Waals surface area contributed by atoms with E-state index in [1.807, 2.05) is 44.3 Å². The number of carbonyl (C=O) groups excluding carboxylic acids is 1. The topological polar surface area (TPSA) is 63.1 Å². The van der Waals surface area contributed by atoms with Crippen LogP contribution < -0.4 is 5.32 Å². The predicted molar refractivity (Wildman–Crippen MR) is 108 cm³/mol. The van der Waals surface area contributed by atoms with E-state index < -0.39 is 0 Å². The fourth-order valence-corrected chi connectivity index (χ4v) is 3.53. The normalized spacial score (nSPS) is 15.6. The van der Waals surface area contributed by atoms with E-state index in [0.717, 1.165) is 24.1 Å². The lowest BCUT2D eigenvalue weighted by molar-refractivity contribution is 0.193. The zero-order valence-electron chi connectivity index (χ0n) is 16.2. The molecule has 6 nitrogen and oxygen atoms in total. The summed E-state index contributed by atoms with van der Waals surface area (Å²) < 4.78 is 1.71.